The summed E-state index contributed by atoms with van der Waals surface area (Å²) in [5.74, 6) is 0.252. The summed E-state index contributed by atoms with van der Waals surface area (Å²) in [7, 11) is 0. The molecule has 0 spiro atoms. The Morgan fingerprint density at radius 1 is 1.40 bits per heavy atom. The molecule has 0 amide bonds. The van der Waals surface area contributed by atoms with E-state index in [1.807, 2.05) is 0 Å². The zero-order valence-corrected chi connectivity index (χ0v) is 8.18. The van der Waals surface area contributed by atoms with Gasteiger partial charge >= 0.3 is 0 Å². The van der Waals surface area contributed by atoms with E-state index in [4.69, 9.17) is 11.5 Å². The summed E-state index contributed by atoms with van der Waals surface area (Å²) in [6, 6.07) is 0. The van der Waals surface area contributed by atoms with Gasteiger partial charge in [-0.05, 0) is 12.2 Å². The molecule has 2 heterocycles. The minimum atomic E-state index is -0.402. The lowest BCUT2D eigenvalue weighted by molar-refractivity contribution is 1.17. The normalized spacial score (nSPS) is 10.4. The molecule has 0 atom stereocenters. The number of H-pyrrole nitrogens is 2. The number of thiocarbonyl (C=S) groups is 1. The lowest BCUT2D eigenvalue weighted by atomic mass is 10.5. The maximum Gasteiger partial charge on any atom is 0.278 e. The third kappa shape index (κ3) is 1.72. The number of fused-ring (bicyclic) bond motifs is 1. The standard InChI is InChI=1S/C6H7N7OS/c7-4-10-2-1(3(14)12-4)9-6(11-2)13-5(8)15/h(H7,7,8,9,10,11,12,13,14,15). The molecule has 0 aromatic carbocycles. The van der Waals surface area contributed by atoms with E-state index in [0.29, 0.717) is 0 Å². The Morgan fingerprint density at radius 2 is 2.13 bits per heavy atom. The molecule has 2 aromatic heterocycles. The second-order valence-electron chi connectivity index (χ2n) is 2.72. The van der Waals surface area contributed by atoms with Crippen LogP contribution in [0.25, 0.3) is 11.2 Å². The first kappa shape index (κ1) is 9.40. The van der Waals surface area contributed by atoms with Gasteiger partial charge in [-0.2, -0.15) is 9.97 Å². The summed E-state index contributed by atoms with van der Waals surface area (Å²) in [6.07, 6.45) is 0. The number of aromatic nitrogens is 4. The van der Waals surface area contributed by atoms with Crippen molar-refractivity contribution in [1.82, 2.24) is 19.9 Å². The molecular formula is C6H7N7OS. The van der Waals surface area contributed by atoms with Gasteiger partial charge < -0.3 is 21.8 Å². The van der Waals surface area contributed by atoms with Crippen molar-refractivity contribution in [3.63, 3.8) is 0 Å². The van der Waals surface area contributed by atoms with Crippen molar-refractivity contribution >= 4 is 40.4 Å². The summed E-state index contributed by atoms with van der Waals surface area (Å²) in [5, 5.41) is 2.59. The molecule has 0 aliphatic carbocycles. The second kappa shape index (κ2) is 3.20. The van der Waals surface area contributed by atoms with Gasteiger partial charge in [-0.15, -0.1) is 0 Å². The highest BCUT2D eigenvalue weighted by Gasteiger charge is 2.08. The quantitative estimate of drug-likeness (QED) is 0.387. The zero-order valence-electron chi connectivity index (χ0n) is 7.37. The average molecular weight is 225 g/mol. The third-order valence-corrected chi connectivity index (χ3v) is 1.72. The topological polar surface area (TPSA) is 138 Å². The summed E-state index contributed by atoms with van der Waals surface area (Å²) in [6.45, 7) is 0. The van der Waals surface area contributed by atoms with Crippen LogP contribution in [0.3, 0.4) is 0 Å². The monoisotopic (exact) mass is 225 g/mol. The van der Waals surface area contributed by atoms with Crippen molar-refractivity contribution in [3.8, 4) is 0 Å². The first-order valence-electron chi connectivity index (χ1n) is 3.88. The minimum absolute atomic E-state index is 0.000810. The second-order valence-corrected chi connectivity index (χ2v) is 3.16. The largest absolute Gasteiger partial charge is 0.376 e. The number of rotatable bonds is 1. The number of nitrogens with zero attached hydrogens (tertiary/aromatic N) is 2. The molecule has 9 heteroatoms. The number of hydrogen-bond donors (Lipinski definition) is 5. The number of nitrogen functional groups attached to an aromatic ring is 1. The van der Waals surface area contributed by atoms with Gasteiger partial charge in [0.15, 0.2) is 16.3 Å². The molecule has 78 valence electrons. The van der Waals surface area contributed by atoms with Gasteiger partial charge in [-0.1, -0.05) is 0 Å². The van der Waals surface area contributed by atoms with Crippen molar-refractivity contribution in [2.24, 2.45) is 5.73 Å². The van der Waals surface area contributed by atoms with Crippen molar-refractivity contribution in [2.75, 3.05) is 11.1 Å². The van der Waals surface area contributed by atoms with Crippen molar-refractivity contribution in [3.05, 3.63) is 10.4 Å². The van der Waals surface area contributed by atoms with Crippen LogP contribution in [-0.2, 0) is 0 Å². The smallest absolute Gasteiger partial charge is 0.278 e. The van der Waals surface area contributed by atoms with Gasteiger partial charge in [0, 0.05) is 0 Å². The van der Waals surface area contributed by atoms with E-state index >= 15 is 0 Å². The Kier molecular flexibility index (Phi) is 2.01. The molecule has 7 N–H and O–H groups in total. The number of nitrogens with one attached hydrogen (secondary N) is 3. The van der Waals surface area contributed by atoms with E-state index < -0.39 is 5.56 Å². The van der Waals surface area contributed by atoms with Crippen molar-refractivity contribution in [1.29, 1.82) is 0 Å². The van der Waals surface area contributed by atoms with Gasteiger partial charge in [-0.3, -0.25) is 9.78 Å². The van der Waals surface area contributed by atoms with Crippen LogP contribution in [0.4, 0.5) is 11.9 Å². The number of anilines is 2. The first-order valence-corrected chi connectivity index (χ1v) is 4.29. The average Bonchev–Trinajstić information content (AvgIpc) is 2.45. The number of imidazole rings is 1. The van der Waals surface area contributed by atoms with Crippen LogP contribution >= 0.6 is 12.2 Å². The molecule has 0 aliphatic heterocycles. The maximum absolute atomic E-state index is 11.4. The Bertz CT molecular complexity index is 585. The molecule has 0 unspecified atom stereocenters. The van der Waals surface area contributed by atoms with E-state index in [9.17, 15) is 4.79 Å². The Balaban J connectivity index is 2.60. The van der Waals surface area contributed by atoms with E-state index in [0.717, 1.165) is 0 Å². The van der Waals surface area contributed by atoms with Gasteiger partial charge in [0.25, 0.3) is 5.56 Å². The maximum atomic E-state index is 11.4. The predicted octanol–water partition coefficient (Wildman–Crippen LogP) is -1.12. The predicted molar refractivity (Wildman–Crippen MR) is 59.3 cm³/mol. The molecule has 0 aliphatic rings. The van der Waals surface area contributed by atoms with Crippen molar-refractivity contribution < 1.29 is 0 Å². The Labute approximate surface area is 88.1 Å². The molecule has 0 saturated heterocycles. The molecule has 15 heavy (non-hydrogen) atoms. The fraction of sp³-hybridized carbons (Fsp3) is 0. The Hall–Kier alpha value is -2.16. The number of hydrogen-bond acceptors (Lipinski definition) is 5. The van der Waals surface area contributed by atoms with Crippen LogP contribution in [0.2, 0.25) is 0 Å². The van der Waals surface area contributed by atoms with E-state index in [1.54, 1.807) is 0 Å². The summed E-state index contributed by atoms with van der Waals surface area (Å²) in [5.41, 5.74) is 10.6. The highest BCUT2D eigenvalue weighted by molar-refractivity contribution is 7.80. The van der Waals surface area contributed by atoms with Crippen LogP contribution in [0.15, 0.2) is 4.79 Å². The van der Waals surface area contributed by atoms with Crippen LogP contribution in [-0.4, -0.2) is 25.0 Å². The first-order chi connectivity index (χ1) is 7.06. The molecule has 0 saturated carbocycles. The van der Waals surface area contributed by atoms with Gasteiger partial charge in [0.05, 0.1) is 0 Å². The van der Waals surface area contributed by atoms with E-state index in [1.165, 1.54) is 0 Å². The number of nitrogens with two attached hydrogens (primary N) is 2. The minimum Gasteiger partial charge on any atom is -0.376 e. The highest BCUT2D eigenvalue weighted by Crippen LogP contribution is 2.07. The Morgan fingerprint density at radius 3 is 2.80 bits per heavy atom. The summed E-state index contributed by atoms with van der Waals surface area (Å²) >= 11 is 4.62. The lowest BCUT2D eigenvalue weighted by Gasteiger charge is -1.95. The van der Waals surface area contributed by atoms with Gasteiger partial charge in [0.2, 0.25) is 11.9 Å². The van der Waals surface area contributed by atoms with Gasteiger partial charge in [0.1, 0.15) is 0 Å². The fourth-order valence-corrected chi connectivity index (χ4v) is 1.20. The summed E-state index contributed by atoms with van der Waals surface area (Å²) in [4.78, 5) is 24.1. The molecule has 8 nitrogen and oxygen atoms in total. The van der Waals surface area contributed by atoms with Crippen LogP contribution in [0.5, 0.6) is 0 Å². The SMILES string of the molecule is NC(=S)Nc1nc2nc(N)[nH]c(=O)c2[nH]1. The van der Waals surface area contributed by atoms with Crippen LogP contribution in [0.1, 0.15) is 0 Å². The molecule has 0 fully saturated rings. The number of aromatic amines is 2. The van der Waals surface area contributed by atoms with Gasteiger partial charge in [-0.25, -0.2) is 0 Å². The van der Waals surface area contributed by atoms with Crippen molar-refractivity contribution in [2.45, 2.75) is 0 Å². The molecular weight excluding hydrogens is 218 g/mol. The molecule has 0 bridgehead atoms. The zero-order chi connectivity index (χ0) is 11.0. The van der Waals surface area contributed by atoms with E-state index in [-0.39, 0.29) is 28.2 Å². The summed E-state index contributed by atoms with van der Waals surface area (Å²) < 4.78 is 0. The van der Waals surface area contributed by atoms with Crippen LogP contribution < -0.4 is 22.3 Å². The fourth-order valence-electron chi connectivity index (χ4n) is 1.10. The lowest BCUT2D eigenvalue weighted by Crippen LogP contribution is -2.19. The highest BCUT2D eigenvalue weighted by atomic mass is 32.1. The molecule has 0 radical (unpaired) electrons. The molecule has 2 aromatic rings. The van der Waals surface area contributed by atoms with Crippen LogP contribution in [0, 0.1) is 0 Å². The van der Waals surface area contributed by atoms with E-state index in [2.05, 4.69) is 37.5 Å². The third-order valence-electron chi connectivity index (χ3n) is 1.62. The molecule has 2 rings (SSSR count).